The van der Waals surface area contributed by atoms with Crippen LogP contribution in [-0.2, 0) is 16.0 Å². The molecule has 0 atom stereocenters. The minimum atomic E-state index is -0.343. The smallest absolute Gasteiger partial charge is 0.311 e. The summed E-state index contributed by atoms with van der Waals surface area (Å²) in [5, 5.41) is 0.909. The van der Waals surface area contributed by atoms with E-state index in [1.54, 1.807) is 37.3 Å². The predicted molar refractivity (Wildman–Crippen MR) is 77.8 cm³/mol. The zero-order chi connectivity index (χ0) is 14.5. The van der Waals surface area contributed by atoms with Gasteiger partial charge in [-0.05, 0) is 37.3 Å². The second kappa shape index (κ2) is 6.68. The maximum atomic E-state index is 11.5. The van der Waals surface area contributed by atoms with Gasteiger partial charge >= 0.3 is 5.97 Å². The highest BCUT2D eigenvalue weighted by molar-refractivity contribution is 6.30. The van der Waals surface area contributed by atoms with Gasteiger partial charge in [-0.2, -0.15) is 0 Å². The highest BCUT2D eigenvalue weighted by Crippen LogP contribution is 2.20. The molecule has 0 saturated heterocycles. The Morgan fingerprint density at radius 3 is 2.55 bits per heavy atom. The number of aromatic nitrogens is 2. The van der Waals surface area contributed by atoms with Crippen LogP contribution in [0.5, 0.6) is 0 Å². The molecule has 0 N–H and O–H groups in total. The molecule has 2 aromatic rings. The van der Waals surface area contributed by atoms with Crippen molar-refractivity contribution in [3.63, 3.8) is 0 Å². The number of carbonyl (C=O) groups excluding carboxylic acids is 1. The Bertz CT molecular complexity index is 615. The van der Waals surface area contributed by atoms with Gasteiger partial charge in [0, 0.05) is 10.6 Å². The fraction of sp³-hybridized carbons (Fsp3) is 0.214. The van der Waals surface area contributed by atoms with Crippen LogP contribution in [0.3, 0.4) is 0 Å². The number of esters is 1. The molecular formula is C14H12Cl2N2O2. The van der Waals surface area contributed by atoms with E-state index in [1.165, 1.54) is 0 Å². The summed E-state index contributed by atoms with van der Waals surface area (Å²) in [5.74, 6) is 0.109. The fourth-order valence-corrected chi connectivity index (χ4v) is 1.97. The SMILES string of the molecule is CCOC(=O)Cc1cc(Cl)nc(-c2ccc(Cl)cc2)n1. The van der Waals surface area contributed by atoms with E-state index < -0.39 is 0 Å². The van der Waals surface area contributed by atoms with E-state index in [0.29, 0.717) is 23.1 Å². The first-order valence-electron chi connectivity index (χ1n) is 6.03. The van der Waals surface area contributed by atoms with E-state index in [1.807, 2.05) is 0 Å². The van der Waals surface area contributed by atoms with Gasteiger partial charge in [0.2, 0.25) is 0 Å². The number of nitrogens with zero attached hydrogens (tertiary/aromatic N) is 2. The molecule has 6 heteroatoms. The van der Waals surface area contributed by atoms with Gasteiger partial charge in [0.05, 0.1) is 18.7 Å². The average Bonchev–Trinajstić information content (AvgIpc) is 2.39. The lowest BCUT2D eigenvalue weighted by molar-refractivity contribution is -0.142. The molecule has 1 aromatic carbocycles. The first-order chi connectivity index (χ1) is 9.58. The molecule has 0 saturated carbocycles. The summed E-state index contributed by atoms with van der Waals surface area (Å²) in [6.07, 6.45) is 0.0661. The van der Waals surface area contributed by atoms with Crippen LogP contribution in [0.1, 0.15) is 12.6 Å². The Kier molecular flexibility index (Phi) is 4.93. The van der Waals surface area contributed by atoms with E-state index in [0.717, 1.165) is 5.56 Å². The lowest BCUT2D eigenvalue weighted by Crippen LogP contribution is -2.09. The molecule has 4 nitrogen and oxygen atoms in total. The van der Waals surface area contributed by atoms with Crippen molar-refractivity contribution in [2.75, 3.05) is 6.61 Å². The van der Waals surface area contributed by atoms with Crippen LogP contribution >= 0.6 is 23.2 Å². The second-order valence-corrected chi connectivity index (χ2v) is 4.82. The Hall–Kier alpha value is -1.65. The van der Waals surface area contributed by atoms with Crippen molar-refractivity contribution in [3.05, 3.63) is 46.2 Å². The van der Waals surface area contributed by atoms with E-state index in [9.17, 15) is 4.79 Å². The first-order valence-corrected chi connectivity index (χ1v) is 6.79. The quantitative estimate of drug-likeness (QED) is 0.640. The summed E-state index contributed by atoms with van der Waals surface area (Å²) in [6, 6.07) is 8.63. The lowest BCUT2D eigenvalue weighted by Gasteiger charge is -2.05. The van der Waals surface area contributed by atoms with Crippen LogP contribution < -0.4 is 0 Å². The molecule has 104 valence electrons. The van der Waals surface area contributed by atoms with Crippen LogP contribution in [0.15, 0.2) is 30.3 Å². The topological polar surface area (TPSA) is 52.1 Å². The van der Waals surface area contributed by atoms with Crippen molar-refractivity contribution >= 4 is 29.2 Å². The van der Waals surface area contributed by atoms with E-state index >= 15 is 0 Å². The molecule has 1 aromatic heterocycles. The summed E-state index contributed by atoms with van der Waals surface area (Å²) < 4.78 is 4.89. The summed E-state index contributed by atoms with van der Waals surface area (Å²) in [5.41, 5.74) is 1.30. The van der Waals surface area contributed by atoms with Gasteiger partial charge in [-0.25, -0.2) is 9.97 Å². The van der Waals surface area contributed by atoms with Gasteiger partial charge < -0.3 is 4.74 Å². The molecule has 20 heavy (non-hydrogen) atoms. The number of halogens is 2. The third-order valence-corrected chi connectivity index (χ3v) is 2.93. The van der Waals surface area contributed by atoms with Gasteiger partial charge in [0.1, 0.15) is 5.15 Å². The van der Waals surface area contributed by atoms with Gasteiger partial charge in [-0.3, -0.25) is 4.79 Å². The number of hydrogen-bond donors (Lipinski definition) is 0. The summed E-state index contributed by atoms with van der Waals surface area (Å²) >= 11 is 11.8. The number of ether oxygens (including phenoxy) is 1. The van der Waals surface area contributed by atoms with E-state index in [2.05, 4.69) is 9.97 Å². The predicted octanol–water partition coefficient (Wildman–Crippen LogP) is 3.56. The van der Waals surface area contributed by atoms with Crippen molar-refractivity contribution in [1.29, 1.82) is 0 Å². The summed E-state index contributed by atoms with van der Waals surface area (Å²) in [7, 11) is 0. The molecule has 0 bridgehead atoms. The molecule has 0 fully saturated rings. The average molecular weight is 311 g/mol. The number of benzene rings is 1. The monoisotopic (exact) mass is 310 g/mol. The molecule has 0 aliphatic heterocycles. The molecule has 0 aliphatic carbocycles. The van der Waals surface area contributed by atoms with Crippen LogP contribution in [0.2, 0.25) is 10.2 Å². The minimum Gasteiger partial charge on any atom is -0.466 e. The zero-order valence-corrected chi connectivity index (χ0v) is 12.3. The molecule has 0 radical (unpaired) electrons. The highest BCUT2D eigenvalue weighted by atomic mass is 35.5. The van der Waals surface area contributed by atoms with Crippen LogP contribution in [-0.4, -0.2) is 22.5 Å². The molecule has 1 heterocycles. The Morgan fingerprint density at radius 1 is 1.20 bits per heavy atom. The summed E-state index contributed by atoms with van der Waals surface area (Å²) in [6.45, 7) is 2.09. The van der Waals surface area contributed by atoms with E-state index in [-0.39, 0.29) is 17.5 Å². The fourth-order valence-electron chi connectivity index (χ4n) is 1.64. The molecule has 0 spiro atoms. The van der Waals surface area contributed by atoms with Gasteiger partial charge in [-0.15, -0.1) is 0 Å². The molecular weight excluding hydrogens is 299 g/mol. The highest BCUT2D eigenvalue weighted by Gasteiger charge is 2.10. The summed E-state index contributed by atoms with van der Waals surface area (Å²) in [4.78, 5) is 19.9. The normalized spacial score (nSPS) is 10.3. The van der Waals surface area contributed by atoms with Crippen molar-refractivity contribution in [2.45, 2.75) is 13.3 Å². The number of hydrogen-bond acceptors (Lipinski definition) is 4. The largest absolute Gasteiger partial charge is 0.466 e. The van der Waals surface area contributed by atoms with Crippen LogP contribution in [0.4, 0.5) is 0 Å². The first kappa shape index (κ1) is 14.8. The molecule has 0 unspecified atom stereocenters. The Balaban J connectivity index is 2.28. The van der Waals surface area contributed by atoms with Crippen molar-refractivity contribution < 1.29 is 9.53 Å². The van der Waals surface area contributed by atoms with Crippen molar-refractivity contribution in [1.82, 2.24) is 9.97 Å². The third-order valence-electron chi connectivity index (χ3n) is 2.48. The number of carbonyl (C=O) groups is 1. The van der Waals surface area contributed by atoms with Gasteiger partial charge in [-0.1, -0.05) is 23.2 Å². The maximum Gasteiger partial charge on any atom is 0.311 e. The van der Waals surface area contributed by atoms with Gasteiger partial charge in [0.15, 0.2) is 5.82 Å². The second-order valence-electron chi connectivity index (χ2n) is 3.99. The zero-order valence-electron chi connectivity index (χ0n) is 10.8. The molecule has 0 amide bonds. The van der Waals surface area contributed by atoms with Crippen LogP contribution in [0.25, 0.3) is 11.4 Å². The third kappa shape index (κ3) is 3.92. The Labute approximate surface area is 126 Å². The number of rotatable bonds is 4. The standard InChI is InChI=1S/C14H12Cl2N2O2/c1-2-20-13(19)8-11-7-12(16)18-14(17-11)9-3-5-10(15)6-4-9/h3-7H,2,8H2,1H3. The molecule has 2 rings (SSSR count). The maximum absolute atomic E-state index is 11.5. The van der Waals surface area contributed by atoms with Crippen molar-refractivity contribution in [2.24, 2.45) is 0 Å². The minimum absolute atomic E-state index is 0.0661. The van der Waals surface area contributed by atoms with E-state index in [4.69, 9.17) is 27.9 Å². The lowest BCUT2D eigenvalue weighted by atomic mass is 10.2. The Morgan fingerprint density at radius 2 is 1.90 bits per heavy atom. The van der Waals surface area contributed by atoms with Crippen molar-refractivity contribution in [3.8, 4) is 11.4 Å². The van der Waals surface area contributed by atoms with Gasteiger partial charge in [0.25, 0.3) is 0 Å². The molecule has 0 aliphatic rings. The van der Waals surface area contributed by atoms with Crippen LogP contribution in [0, 0.1) is 0 Å².